The van der Waals surface area contributed by atoms with Gasteiger partial charge in [-0.2, -0.15) is 0 Å². The predicted molar refractivity (Wildman–Crippen MR) is 81.0 cm³/mol. The average Bonchev–Trinajstić information content (AvgIpc) is 2.44. The topological polar surface area (TPSA) is 54.2 Å². The molecule has 1 fully saturated rings. The highest BCUT2D eigenvalue weighted by Crippen LogP contribution is 2.35. The Hall–Kier alpha value is -1.95. The van der Waals surface area contributed by atoms with Crippen molar-refractivity contribution in [3.8, 4) is 0 Å². The van der Waals surface area contributed by atoms with Crippen LogP contribution in [0.15, 0.2) is 30.5 Å². The molecule has 1 aromatic heterocycles. The molecule has 0 aliphatic carbocycles. The molecule has 1 aliphatic heterocycles. The average molecular weight is 292 g/mol. The maximum atomic E-state index is 13.8. The second-order valence-corrected chi connectivity index (χ2v) is 5.48. The smallest absolute Gasteiger partial charge is 0.266 e. The molecule has 6 heteroatoms. The summed E-state index contributed by atoms with van der Waals surface area (Å²) in [5.74, 6) is -2.76. The summed E-state index contributed by atoms with van der Waals surface area (Å²) in [6.45, 7) is 0.127. The van der Waals surface area contributed by atoms with Crippen LogP contribution in [0, 0.1) is 0 Å². The molecule has 21 heavy (non-hydrogen) atoms. The number of anilines is 2. The lowest BCUT2D eigenvalue weighted by Crippen LogP contribution is -2.52. The van der Waals surface area contributed by atoms with Gasteiger partial charge in [-0.1, -0.05) is 0 Å². The van der Waals surface area contributed by atoms with E-state index in [1.807, 2.05) is 31.3 Å². The van der Waals surface area contributed by atoms with Crippen LogP contribution in [-0.4, -0.2) is 37.1 Å². The van der Waals surface area contributed by atoms with Crippen LogP contribution in [0.5, 0.6) is 0 Å². The summed E-state index contributed by atoms with van der Waals surface area (Å²) < 4.78 is 27.6. The third-order valence-corrected chi connectivity index (χ3v) is 3.79. The molecule has 1 saturated heterocycles. The molecule has 4 nitrogen and oxygen atoms in total. The normalized spacial score (nSPS) is 21.5. The standard InChI is InChI=1S/C15H18F2N4/c1-19-12-4-5-13(11-3-2-6-20-14(11)12)21-8-10(18)7-15(16,17)9-21/h2-6,10,19H,7-9,18H2,1H3. The number of rotatable bonds is 2. The van der Waals surface area contributed by atoms with Gasteiger partial charge in [-0.3, -0.25) is 4.98 Å². The quantitative estimate of drug-likeness (QED) is 0.892. The Balaban J connectivity index is 2.08. The fourth-order valence-electron chi connectivity index (χ4n) is 2.96. The van der Waals surface area contributed by atoms with Crippen molar-refractivity contribution in [1.29, 1.82) is 0 Å². The fraction of sp³-hybridized carbons (Fsp3) is 0.400. The Morgan fingerprint density at radius 2 is 2.19 bits per heavy atom. The summed E-state index contributed by atoms with van der Waals surface area (Å²) in [6, 6.07) is 6.90. The lowest BCUT2D eigenvalue weighted by molar-refractivity contribution is -0.0171. The van der Waals surface area contributed by atoms with Crippen molar-refractivity contribution in [2.45, 2.75) is 18.4 Å². The van der Waals surface area contributed by atoms with Gasteiger partial charge < -0.3 is 16.0 Å². The van der Waals surface area contributed by atoms with E-state index in [2.05, 4.69) is 10.3 Å². The second kappa shape index (κ2) is 5.11. The summed E-state index contributed by atoms with van der Waals surface area (Å²) in [5, 5.41) is 3.93. The molecule has 0 bridgehead atoms. The first-order valence-electron chi connectivity index (χ1n) is 6.94. The lowest BCUT2D eigenvalue weighted by atomic mass is 10.0. The molecule has 1 atom stereocenters. The fourth-order valence-corrected chi connectivity index (χ4v) is 2.96. The first-order chi connectivity index (χ1) is 10.00. The summed E-state index contributed by atoms with van der Waals surface area (Å²) >= 11 is 0. The highest BCUT2D eigenvalue weighted by atomic mass is 19.3. The van der Waals surface area contributed by atoms with Crippen LogP contribution in [0.4, 0.5) is 20.2 Å². The second-order valence-electron chi connectivity index (χ2n) is 5.48. The van der Waals surface area contributed by atoms with Crippen LogP contribution in [-0.2, 0) is 0 Å². The van der Waals surface area contributed by atoms with Crippen LogP contribution >= 0.6 is 0 Å². The first kappa shape index (κ1) is 14.0. The van der Waals surface area contributed by atoms with Gasteiger partial charge in [-0.05, 0) is 24.3 Å². The largest absolute Gasteiger partial charge is 0.386 e. The van der Waals surface area contributed by atoms with Crippen molar-refractivity contribution in [1.82, 2.24) is 4.98 Å². The van der Waals surface area contributed by atoms with Crippen LogP contribution in [0.3, 0.4) is 0 Å². The minimum atomic E-state index is -2.76. The molecule has 2 heterocycles. The molecular weight excluding hydrogens is 274 g/mol. The van der Waals surface area contributed by atoms with Crippen molar-refractivity contribution in [2.24, 2.45) is 5.73 Å². The van der Waals surface area contributed by atoms with Crippen molar-refractivity contribution in [2.75, 3.05) is 30.4 Å². The lowest BCUT2D eigenvalue weighted by Gasteiger charge is -2.38. The van der Waals surface area contributed by atoms with Crippen LogP contribution < -0.4 is 16.0 Å². The number of aromatic nitrogens is 1. The molecule has 1 aromatic carbocycles. The monoisotopic (exact) mass is 292 g/mol. The highest BCUT2D eigenvalue weighted by Gasteiger charge is 2.39. The number of nitrogens with zero attached hydrogens (tertiary/aromatic N) is 2. The highest BCUT2D eigenvalue weighted by molar-refractivity contribution is 5.99. The number of piperidine rings is 1. The molecule has 0 amide bonds. The Labute approximate surface area is 121 Å². The summed E-state index contributed by atoms with van der Waals surface area (Å²) in [7, 11) is 1.81. The molecule has 2 aromatic rings. The maximum absolute atomic E-state index is 13.8. The zero-order valence-corrected chi connectivity index (χ0v) is 11.8. The van der Waals surface area contributed by atoms with E-state index in [0.29, 0.717) is 6.54 Å². The van der Waals surface area contributed by atoms with Crippen molar-refractivity contribution in [3.05, 3.63) is 30.5 Å². The van der Waals surface area contributed by atoms with Gasteiger partial charge in [-0.15, -0.1) is 0 Å². The Bertz CT molecular complexity index is 659. The molecule has 112 valence electrons. The molecule has 3 rings (SSSR count). The molecule has 0 radical (unpaired) electrons. The number of hydrogen-bond acceptors (Lipinski definition) is 4. The Morgan fingerprint density at radius 3 is 2.90 bits per heavy atom. The van der Waals surface area contributed by atoms with Gasteiger partial charge in [0.2, 0.25) is 0 Å². The number of pyridine rings is 1. The number of fused-ring (bicyclic) bond motifs is 1. The number of nitrogens with two attached hydrogens (primary N) is 1. The van der Waals surface area contributed by atoms with E-state index in [1.165, 1.54) is 0 Å². The van der Waals surface area contributed by atoms with Crippen LogP contribution in [0.1, 0.15) is 6.42 Å². The Morgan fingerprint density at radius 1 is 1.38 bits per heavy atom. The number of alkyl halides is 2. The van der Waals surface area contributed by atoms with Gasteiger partial charge in [0.15, 0.2) is 0 Å². The minimum absolute atomic E-state index is 0.256. The SMILES string of the molecule is CNc1ccc(N2CC(N)CC(F)(F)C2)c2cccnc12. The zero-order chi connectivity index (χ0) is 15.0. The number of halogens is 2. The van der Waals surface area contributed by atoms with Gasteiger partial charge in [-0.25, -0.2) is 8.78 Å². The third-order valence-electron chi connectivity index (χ3n) is 3.79. The predicted octanol–water partition coefficient (Wildman–Crippen LogP) is 2.45. The van der Waals surface area contributed by atoms with Crippen LogP contribution in [0.25, 0.3) is 10.9 Å². The van der Waals surface area contributed by atoms with Gasteiger partial charge in [0, 0.05) is 43.3 Å². The number of nitrogens with one attached hydrogen (secondary N) is 1. The third kappa shape index (κ3) is 2.63. The molecule has 1 unspecified atom stereocenters. The molecule has 0 saturated carbocycles. The van der Waals surface area contributed by atoms with E-state index >= 15 is 0 Å². The number of hydrogen-bond donors (Lipinski definition) is 2. The van der Waals surface area contributed by atoms with E-state index in [1.54, 1.807) is 11.1 Å². The minimum Gasteiger partial charge on any atom is -0.386 e. The van der Waals surface area contributed by atoms with Gasteiger partial charge in [0.1, 0.15) is 0 Å². The molecular formula is C15H18F2N4. The van der Waals surface area contributed by atoms with Gasteiger partial charge in [0.25, 0.3) is 5.92 Å². The number of benzene rings is 1. The van der Waals surface area contributed by atoms with E-state index < -0.39 is 12.0 Å². The van der Waals surface area contributed by atoms with Crippen molar-refractivity contribution < 1.29 is 8.78 Å². The van der Waals surface area contributed by atoms with Gasteiger partial charge in [0.05, 0.1) is 17.7 Å². The Kier molecular flexibility index (Phi) is 3.41. The molecule has 3 N–H and O–H groups in total. The van der Waals surface area contributed by atoms with E-state index in [-0.39, 0.29) is 13.0 Å². The summed E-state index contributed by atoms with van der Waals surface area (Å²) in [4.78, 5) is 6.02. The van der Waals surface area contributed by atoms with Crippen LogP contribution in [0.2, 0.25) is 0 Å². The van der Waals surface area contributed by atoms with E-state index in [4.69, 9.17) is 5.73 Å². The summed E-state index contributed by atoms with van der Waals surface area (Å²) in [6.07, 6.45) is 1.44. The van der Waals surface area contributed by atoms with E-state index in [9.17, 15) is 8.78 Å². The summed E-state index contributed by atoms with van der Waals surface area (Å²) in [5.41, 5.74) is 8.20. The first-order valence-corrected chi connectivity index (χ1v) is 6.94. The van der Waals surface area contributed by atoms with Crippen molar-refractivity contribution in [3.63, 3.8) is 0 Å². The van der Waals surface area contributed by atoms with E-state index in [0.717, 1.165) is 22.3 Å². The maximum Gasteiger partial charge on any atom is 0.266 e. The molecule has 1 aliphatic rings. The zero-order valence-electron chi connectivity index (χ0n) is 11.8. The molecule has 0 spiro atoms. The van der Waals surface area contributed by atoms with Gasteiger partial charge >= 0.3 is 0 Å². The van der Waals surface area contributed by atoms with Crippen molar-refractivity contribution >= 4 is 22.3 Å².